The van der Waals surface area contributed by atoms with Crippen LogP contribution in [0.3, 0.4) is 0 Å². The van der Waals surface area contributed by atoms with Gasteiger partial charge in [-0.05, 0) is 42.7 Å². The van der Waals surface area contributed by atoms with Gasteiger partial charge >= 0.3 is 0 Å². The minimum absolute atomic E-state index is 0. The first-order valence-electron chi connectivity index (χ1n) is 9.31. The number of aryl methyl sites for hydroxylation is 2. The van der Waals surface area contributed by atoms with Crippen molar-refractivity contribution in [3.05, 3.63) is 64.7 Å². The van der Waals surface area contributed by atoms with Gasteiger partial charge in [-0.15, -0.1) is 24.0 Å². The van der Waals surface area contributed by atoms with Crippen LogP contribution in [0.2, 0.25) is 0 Å². The third kappa shape index (κ3) is 8.31. The van der Waals surface area contributed by atoms with E-state index in [0.717, 1.165) is 11.5 Å². The Kier molecular flexibility index (Phi) is 10.5. The number of nitrogens with zero attached hydrogens (tertiary/aromatic N) is 2. The Hall–Kier alpha value is -2.29. The molecule has 29 heavy (non-hydrogen) atoms. The van der Waals surface area contributed by atoms with Crippen LogP contribution in [0.25, 0.3) is 0 Å². The molecule has 0 aliphatic rings. The number of aliphatic imine (C=N–C) groups is 1. The van der Waals surface area contributed by atoms with Crippen molar-refractivity contribution in [1.82, 2.24) is 15.5 Å². The molecular formula is C22H31IN4O2. The number of ether oxygens (including phenoxy) is 1. The minimum atomic E-state index is -0.0699. The first kappa shape index (κ1) is 24.7. The number of hydrogen-bond acceptors (Lipinski definition) is 3. The summed E-state index contributed by atoms with van der Waals surface area (Å²) in [7, 11) is 5.18. The molecule has 0 fully saturated rings. The van der Waals surface area contributed by atoms with Crippen molar-refractivity contribution in [3.63, 3.8) is 0 Å². The first-order chi connectivity index (χ1) is 13.4. The molecule has 2 aromatic carbocycles. The van der Waals surface area contributed by atoms with Crippen LogP contribution in [0.15, 0.2) is 47.5 Å². The van der Waals surface area contributed by atoms with Crippen LogP contribution in [0.5, 0.6) is 5.75 Å². The van der Waals surface area contributed by atoms with E-state index in [2.05, 4.69) is 47.7 Å². The van der Waals surface area contributed by atoms with Gasteiger partial charge < -0.3 is 20.3 Å². The molecule has 6 nitrogen and oxygen atoms in total. The zero-order valence-corrected chi connectivity index (χ0v) is 20.1. The molecule has 0 aliphatic heterocycles. The zero-order chi connectivity index (χ0) is 20.5. The van der Waals surface area contributed by atoms with Crippen LogP contribution >= 0.6 is 24.0 Å². The summed E-state index contributed by atoms with van der Waals surface area (Å²) in [4.78, 5) is 17.4. The van der Waals surface area contributed by atoms with Crippen LogP contribution in [0.1, 0.15) is 22.3 Å². The number of hydrogen-bond donors (Lipinski definition) is 2. The van der Waals surface area contributed by atoms with Crippen LogP contribution in [0.4, 0.5) is 0 Å². The number of guanidine groups is 1. The van der Waals surface area contributed by atoms with Crippen LogP contribution in [-0.4, -0.2) is 44.5 Å². The van der Waals surface area contributed by atoms with Gasteiger partial charge in [0.15, 0.2) is 12.6 Å². The van der Waals surface area contributed by atoms with Crippen LogP contribution < -0.4 is 15.4 Å². The summed E-state index contributed by atoms with van der Waals surface area (Å²) in [5.74, 6) is 1.33. The van der Waals surface area contributed by atoms with Crippen molar-refractivity contribution in [3.8, 4) is 5.75 Å². The molecule has 0 saturated heterocycles. The molecule has 0 aromatic heterocycles. The van der Waals surface area contributed by atoms with Gasteiger partial charge in [-0.1, -0.05) is 35.9 Å². The summed E-state index contributed by atoms with van der Waals surface area (Å²) < 4.78 is 5.57. The van der Waals surface area contributed by atoms with Crippen molar-refractivity contribution in [2.75, 3.05) is 27.7 Å². The topological polar surface area (TPSA) is 66.0 Å². The second-order valence-electron chi connectivity index (χ2n) is 6.93. The normalized spacial score (nSPS) is 10.7. The average molecular weight is 510 g/mol. The Bertz CT molecular complexity index is 837. The molecule has 7 heteroatoms. The van der Waals surface area contributed by atoms with E-state index in [4.69, 9.17) is 4.74 Å². The van der Waals surface area contributed by atoms with Crippen molar-refractivity contribution in [2.24, 2.45) is 4.99 Å². The second kappa shape index (κ2) is 12.3. The molecule has 0 bridgehead atoms. The highest BCUT2D eigenvalue weighted by Gasteiger charge is 2.06. The first-order valence-corrected chi connectivity index (χ1v) is 9.31. The Morgan fingerprint density at radius 3 is 2.45 bits per heavy atom. The van der Waals surface area contributed by atoms with Gasteiger partial charge in [-0.25, -0.2) is 0 Å². The zero-order valence-electron chi connectivity index (χ0n) is 17.8. The fourth-order valence-electron chi connectivity index (χ4n) is 2.65. The number of carbonyl (C=O) groups excluding carboxylic acids is 1. The van der Waals surface area contributed by atoms with Crippen LogP contribution in [0, 0.1) is 13.8 Å². The van der Waals surface area contributed by atoms with E-state index in [0.29, 0.717) is 18.8 Å². The number of benzene rings is 2. The SMILES string of the molecule is CN=C(NCc1cccc(OCC(=O)N(C)C)c1)NCc1ccc(C)cc1C.I. The molecule has 0 heterocycles. The molecule has 2 N–H and O–H groups in total. The molecule has 2 aromatic rings. The summed E-state index contributed by atoms with van der Waals surface area (Å²) in [6.45, 7) is 5.56. The largest absolute Gasteiger partial charge is 0.484 e. The monoisotopic (exact) mass is 510 g/mol. The highest BCUT2D eigenvalue weighted by molar-refractivity contribution is 14.0. The van der Waals surface area contributed by atoms with E-state index in [1.807, 2.05) is 24.3 Å². The van der Waals surface area contributed by atoms with Crippen molar-refractivity contribution in [1.29, 1.82) is 0 Å². The molecule has 0 unspecified atom stereocenters. The lowest BCUT2D eigenvalue weighted by atomic mass is 10.1. The van der Waals surface area contributed by atoms with Gasteiger partial charge in [0, 0.05) is 34.2 Å². The quantitative estimate of drug-likeness (QED) is 0.341. The summed E-state index contributed by atoms with van der Waals surface area (Å²) in [5.41, 5.74) is 4.82. The van der Waals surface area contributed by atoms with E-state index in [-0.39, 0.29) is 36.5 Å². The summed E-state index contributed by atoms with van der Waals surface area (Å²) in [5, 5.41) is 6.65. The predicted octanol–water partition coefficient (Wildman–Crippen LogP) is 3.25. The standard InChI is InChI=1S/C22H30N4O2.HI/c1-16-9-10-19(17(2)11-16)14-25-22(23-3)24-13-18-7-6-8-20(12-18)28-15-21(27)26(4)5;/h6-12H,13-15H2,1-5H3,(H2,23,24,25);1H. The number of carbonyl (C=O) groups is 1. The van der Waals surface area contributed by atoms with E-state index in [1.165, 1.54) is 21.6 Å². The summed E-state index contributed by atoms with van der Waals surface area (Å²) in [6, 6.07) is 14.1. The number of rotatable bonds is 7. The molecule has 1 amide bonds. The highest BCUT2D eigenvalue weighted by Crippen LogP contribution is 2.13. The maximum atomic E-state index is 11.7. The molecule has 0 spiro atoms. The van der Waals surface area contributed by atoms with Crippen molar-refractivity contribution >= 4 is 35.8 Å². The average Bonchev–Trinajstić information content (AvgIpc) is 2.67. The maximum Gasteiger partial charge on any atom is 0.259 e. The van der Waals surface area contributed by atoms with E-state index in [9.17, 15) is 4.79 Å². The Balaban J connectivity index is 0.00000420. The van der Waals surface area contributed by atoms with E-state index < -0.39 is 0 Å². The minimum Gasteiger partial charge on any atom is -0.484 e. The number of likely N-dealkylation sites (N-methyl/N-ethyl adjacent to an activating group) is 1. The smallest absolute Gasteiger partial charge is 0.259 e. The van der Waals surface area contributed by atoms with Crippen LogP contribution in [-0.2, 0) is 17.9 Å². The third-order valence-electron chi connectivity index (χ3n) is 4.39. The highest BCUT2D eigenvalue weighted by atomic mass is 127. The molecule has 0 aliphatic carbocycles. The van der Waals surface area contributed by atoms with Gasteiger partial charge in [0.1, 0.15) is 5.75 Å². The maximum absolute atomic E-state index is 11.7. The van der Waals surface area contributed by atoms with Gasteiger partial charge in [-0.2, -0.15) is 0 Å². The van der Waals surface area contributed by atoms with E-state index >= 15 is 0 Å². The number of amides is 1. The van der Waals surface area contributed by atoms with Crippen molar-refractivity contribution < 1.29 is 9.53 Å². The second-order valence-corrected chi connectivity index (χ2v) is 6.93. The molecule has 0 radical (unpaired) electrons. The van der Waals surface area contributed by atoms with Gasteiger partial charge in [0.2, 0.25) is 0 Å². The lowest BCUT2D eigenvalue weighted by molar-refractivity contribution is -0.130. The predicted molar refractivity (Wildman–Crippen MR) is 129 cm³/mol. The van der Waals surface area contributed by atoms with E-state index in [1.54, 1.807) is 21.1 Å². The third-order valence-corrected chi connectivity index (χ3v) is 4.39. The fraction of sp³-hybridized carbons (Fsp3) is 0.364. The Morgan fingerprint density at radius 2 is 1.79 bits per heavy atom. The number of nitrogens with one attached hydrogen (secondary N) is 2. The van der Waals surface area contributed by atoms with Gasteiger partial charge in [-0.3, -0.25) is 9.79 Å². The number of halogens is 1. The van der Waals surface area contributed by atoms with Gasteiger partial charge in [0.25, 0.3) is 5.91 Å². The lowest BCUT2D eigenvalue weighted by Crippen LogP contribution is -2.36. The Labute approximate surface area is 190 Å². The summed E-state index contributed by atoms with van der Waals surface area (Å²) in [6.07, 6.45) is 0. The fourth-order valence-corrected chi connectivity index (χ4v) is 2.65. The molecule has 0 atom stereocenters. The van der Waals surface area contributed by atoms with Crippen molar-refractivity contribution in [2.45, 2.75) is 26.9 Å². The molecular weight excluding hydrogens is 479 g/mol. The summed E-state index contributed by atoms with van der Waals surface area (Å²) >= 11 is 0. The molecule has 0 saturated carbocycles. The Morgan fingerprint density at radius 1 is 1.07 bits per heavy atom. The lowest BCUT2D eigenvalue weighted by Gasteiger charge is -2.14. The molecule has 158 valence electrons. The van der Waals surface area contributed by atoms with Gasteiger partial charge in [0.05, 0.1) is 0 Å². The molecule has 2 rings (SSSR count).